The summed E-state index contributed by atoms with van der Waals surface area (Å²) in [5.41, 5.74) is 1.91. The van der Waals surface area contributed by atoms with Gasteiger partial charge in [-0.15, -0.1) is 0 Å². The van der Waals surface area contributed by atoms with Crippen molar-refractivity contribution in [1.82, 2.24) is 4.72 Å². The first kappa shape index (κ1) is 17.1. The van der Waals surface area contributed by atoms with E-state index in [4.69, 9.17) is 0 Å². The maximum Gasteiger partial charge on any atom is 0.241 e. The molecule has 4 nitrogen and oxygen atoms in total. The Balaban J connectivity index is 2.26. The molecule has 0 saturated heterocycles. The zero-order valence-corrected chi connectivity index (χ0v) is 14.8. The van der Waals surface area contributed by atoms with E-state index in [1.54, 1.807) is 26.8 Å². The van der Waals surface area contributed by atoms with Crippen LogP contribution in [0.5, 0.6) is 0 Å². The normalized spacial score (nSPS) is 14.8. The smallest absolute Gasteiger partial charge is 0.241 e. The van der Waals surface area contributed by atoms with E-state index in [2.05, 4.69) is 4.72 Å². The van der Waals surface area contributed by atoms with E-state index in [9.17, 15) is 13.5 Å². The van der Waals surface area contributed by atoms with Crippen molar-refractivity contribution in [1.29, 1.82) is 0 Å². The molecule has 22 heavy (non-hydrogen) atoms. The van der Waals surface area contributed by atoms with Crippen LogP contribution in [0.1, 0.15) is 29.2 Å². The SMILES string of the molecule is Cc1cc(C)c(S(=O)(=O)NCC(C)(O)c2ccsc2)c(C)c1. The first-order valence-electron chi connectivity index (χ1n) is 6.96. The van der Waals surface area contributed by atoms with Crippen LogP contribution >= 0.6 is 11.3 Å². The lowest BCUT2D eigenvalue weighted by atomic mass is 10.0. The predicted octanol–water partition coefficient (Wildman–Crippen LogP) is 2.86. The molecular weight excluding hydrogens is 318 g/mol. The quantitative estimate of drug-likeness (QED) is 0.880. The van der Waals surface area contributed by atoms with Gasteiger partial charge in [0, 0.05) is 6.54 Å². The number of benzene rings is 1. The molecule has 1 unspecified atom stereocenters. The van der Waals surface area contributed by atoms with E-state index >= 15 is 0 Å². The number of hydrogen-bond donors (Lipinski definition) is 2. The van der Waals surface area contributed by atoms with Crippen LogP contribution in [0, 0.1) is 20.8 Å². The summed E-state index contributed by atoms with van der Waals surface area (Å²) >= 11 is 1.47. The molecule has 0 saturated carbocycles. The molecule has 2 N–H and O–H groups in total. The molecule has 0 bridgehead atoms. The van der Waals surface area contributed by atoms with Crippen molar-refractivity contribution >= 4 is 21.4 Å². The second kappa shape index (κ2) is 6.12. The molecular formula is C16H21NO3S2. The Hall–Kier alpha value is -1.21. The van der Waals surface area contributed by atoms with E-state index in [0.717, 1.165) is 5.56 Å². The number of aliphatic hydroxyl groups is 1. The summed E-state index contributed by atoms with van der Waals surface area (Å²) in [5, 5.41) is 14.1. The van der Waals surface area contributed by atoms with Gasteiger partial charge in [0.15, 0.2) is 0 Å². The third kappa shape index (κ3) is 3.57. The number of rotatable bonds is 5. The molecule has 6 heteroatoms. The van der Waals surface area contributed by atoms with Crippen molar-refractivity contribution in [3.63, 3.8) is 0 Å². The van der Waals surface area contributed by atoms with Gasteiger partial charge in [-0.05, 0) is 61.2 Å². The third-order valence-corrected chi connectivity index (χ3v) is 6.01. The number of thiophene rings is 1. The number of nitrogens with one attached hydrogen (secondary N) is 1. The van der Waals surface area contributed by atoms with Gasteiger partial charge in [-0.2, -0.15) is 11.3 Å². The molecule has 0 radical (unpaired) electrons. The molecule has 0 aliphatic carbocycles. The molecule has 120 valence electrons. The van der Waals surface area contributed by atoms with Gasteiger partial charge in [0.2, 0.25) is 10.0 Å². The molecule has 1 aromatic carbocycles. The average Bonchev–Trinajstić information content (AvgIpc) is 2.89. The Morgan fingerprint density at radius 3 is 2.32 bits per heavy atom. The van der Waals surface area contributed by atoms with Crippen molar-refractivity contribution < 1.29 is 13.5 Å². The number of hydrogen-bond acceptors (Lipinski definition) is 4. The zero-order chi connectivity index (χ0) is 16.5. The summed E-state index contributed by atoms with van der Waals surface area (Å²) in [6.45, 7) is 7.04. The van der Waals surface area contributed by atoms with Gasteiger partial charge in [-0.1, -0.05) is 17.7 Å². The van der Waals surface area contributed by atoms with E-state index in [1.165, 1.54) is 11.3 Å². The van der Waals surface area contributed by atoms with Gasteiger partial charge in [0.05, 0.1) is 4.90 Å². The first-order chi connectivity index (χ1) is 10.1. The second-order valence-electron chi connectivity index (χ2n) is 5.84. The van der Waals surface area contributed by atoms with Crippen LogP contribution in [0.25, 0.3) is 0 Å². The Bertz CT molecular complexity index is 740. The van der Waals surface area contributed by atoms with Crippen LogP contribution in [-0.4, -0.2) is 20.1 Å². The molecule has 0 amide bonds. The van der Waals surface area contributed by atoms with E-state index in [-0.39, 0.29) is 6.54 Å². The largest absolute Gasteiger partial charge is 0.384 e. The first-order valence-corrected chi connectivity index (χ1v) is 9.39. The van der Waals surface area contributed by atoms with Gasteiger partial charge >= 0.3 is 0 Å². The maximum absolute atomic E-state index is 12.6. The van der Waals surface area contributed by atoms with Gasteiger partial charge in [0.25, 0.3) is 0 Å². The van der Waals surface area contributed by atoms with Gasteiger partial charge < -0.3 is 5.11 Å². The van der Waals surface area contributed by atoms with Gasteiger partial charge in [-0.25, -0.2) is 13.1 Å². The second-order valence-corrected chi connectivity index (χ2v) is 8.32. The average molecular weight is 339 g/mol. The summed E-state index contributed by atoms with van der Waals surface area (Å²) in [4.78, 5) is 0.291. The number of aryl methyl sites for hydroxylation is 3. The Morgan fingerprint density at radius 1 is 1.23 bits per heavy atom. The van der Waals surface area contributed by atoms with E-state index in [0.29, 0.717) is 21.6 Å². The van der Waals surface area contributed by atoms with Crippen molar-refractivity contribution in [3.05, 3.63) is 51.2 Å². The molecule has 1 heterocycles. The van der Waals surface area contributed by atoms with Crippen molar-refractivity contribution in [2.75, 3.05) is 6.54 Å². The lowest BCUT2D eigenvalue weighted by Gasteiger charge is -2.23. The standard InChI is InChI=1S/C16H21NO3S2/c1-11-7-12(2)15(13(3)8-11)22(19,20)17-10-16(4,18)14-5-6-21-9-14/h5-9,17-18H,10H2,1-4H3. The molecule has 1 atom stereocenters. The van der Waals surface area contributed by atoms with Gasteiger partial charge in [-0.3, -0.25) is 0 Å². The molecule has 1 aromatic heterocycles. The zero-order valence-electron chi connectivity index (χ0n) is 13.2. The van der Waals surface area contributed by atoms with Crippen molar-refractivity contribution in [3.8, 4) is 0 Å². The van der Waals surface area contributed by atoms with Gasteiger partial charge in [0.1, 0.15) is 5.60 Å². The summed E-state index contributed by atoms with van der Waals surface area (Å²) < 4.78 is 27.7. The predicted molar refractivity (Wildman–Crippen MR) is 89.7 cm³/mol. The fourth-order valence-corrected chi connectivity index (χ4v) is 4.94. The van der Waals surface area contributed by atoms with Crippen LogP contribution in [0.4, 0.5) is 0 Å². The number of sulfonamides is 1. The third-order valence-electron chi connectivity index (χ3n) is 3.62. The molecule has 2 aromatic rings. The van der Waals surface area contributed by atoms with Crippen LogP contribution in [0.3, 0.4) is 0 Å². The molecule has 0 aliphatic rings. The Kier molecular flexibility index (Phi) is 4.77. The minimum atomic E-state index is -3.67. The Labute approximate surface area is 135 Å². The van der Waals surface area contributed by atoms with Crippen LogP contribution in [0.15, 0.2) is 33.9 Å². The lowest BCUT2D eigenvalue weighted by molar-refractivity contribution is 0.0632. The van der Waals surface area contributed by atoms with Crippen molar-refractivity contribution in [2.45, 2.75) is 38.2 Å². The fraction of sp³-hybridized carbons (Fsp3) is 0.375. The highest BCUT2D eigenvalue weighted by atomic mass is 32.2. The highest BCUT2D eigenvalue weighted by Crippen LogP contribution is 2.25. The molecule has 0 aliphatic heterocycles. The van der Waals surface area contributed by atoms with Crippen LogP contribution in [0.2, 0.25) is 0 Å². The Morgan fingerprint density at radius 2 is 1.82 bits per heavy atom. The van der Waals surface area contributed by atoms with E-state index in [1.807, 2.05) is 29.8 Å². The van der Waals surface area contributed by atoms with E-state index < -0.39 is 15.6 Å². The highest BCUT2D eigenvalue weighted by Gasteiger charge is 2.28. The summed E-state index contributed by atoms with van der Waals surface area (Å²) in [6.07, 6.45) is 0. The summed E-state index contributed by atoms with van der Waals surface area (Å²) in [7, 11) is -3.67. The van der Waals surface area contributed by atoms with Crippen LogP contribution < -0.4 is 4.72 Å². The molecule has 0 fully saturated rings. The molecule has 0 spiro atoms. The molecule has 2 rings (SSSR count). The summed E-state index contributed by atoms with van der Waals surface area (Å²) in [5.74, 6) is 0. The summed E-state index contributed by atoms with van der Waals surface area (Å²) in [6, 6.07) is 5.48. The monoisotopic (exact) mass is 339 g/mol. The topological polar surface area (TPSA) is 66.4 Å². The minimum absolute atomic E-state index is 0.0706. The minimum Gasteiger partial charge on any atom is -0.384 e. The maximum atomic E-state index is 12.6. The van der Waals surface area contributed by atoms with Crippen molar-refractivity contribution in [2.24, 2.45) is 0 Å². The highest BCUT2D eigenvalue weighted by molar-refractivity contribution is 7.89. The fourth-order valence-electron chi connectivity index (χ4n) is 2.57. The van der Waals surface area contributed by atoms with Crippen LogP contribution in [-0.2, 0) is 15.6 Å². The lowest BCUT2D eigenvalue weighted by Crippen LogP contribution is -2.38.